The second-order valence-electron chi connectivity index (χ2n) is 9.29. The van der Waals surface area contributed by atoms with Crippen LogP contribution in [0.5, 0.6) is 0 Å². The molecule has 1 aliphatic carbocycles. The van der Waals surface area contributed by atoms with E-state index in [9.17, 15) is 9.59 Å². The van der Waals surface area contributed by atoms with Crippen molar-refractivity contribution in [1.29, 1.82) is 0 Å². The molecule has 2 N–H and O–H groups in total. The molecule has 4 aromatic rings. The third-order valence-electron chi connectivity index (χ3n) is 6.94. The topological polar surface area (TPSA) is 91.0 Å². The van der Waals surface area contributed by atoms with Gasteiger partial charge in [0.2, 0.25) is 0 Å². The first kappa shape index (κ1) is 21.0. The molecule has 1 saturated heterocycles. The molecular weight excluding hydrogens is 446 g/mol. The number of carbonyl (C=O) groups is 2. The van der Waals surface area contributed by atoms with E-state index in [1.807, 2.05) is 61.2 Å². The zero-order valence-electron chi connectivity index (χ0n) is 19.0. The van der Waals surface area contributed by atoms with Crippen LogP contribution in [-0.2, 0) is 0 Å². The van der Waals surface area contributed by atoms with Crippen molar-refractivity contribution < 1.29 is 9.59 Å². The predicted octanol–water partition coefficient (Wildman–Crippen LogP) is 4.19. The van der Waals surface area contributed by atoms with Gasteiger partial charge < -0.3 is 10.2 Å². The first-order valence-corrected chi connectivity index (χ1v) is 12.4. The van der Waals surface area contributed by atoms with Crippen LogP contribution in [0.15, 0.2) is 48.5 Å². The normalized spacial score (nSPS) is 21.0. The summed E-state index contributed by atoms with van der Waals surface area (Å²) in [6.07, 6.45) is 1.11. The molecule has 0 spiro atoms. The van der Waals surface area contributed by atoms with Crippen LogP contribution in [0, 0.1) is 25.7 Å². The fourth-order valence-electron chi connectivity index (χ4n) is 5.17. The lowest BCUT2D eigenvalue weighted by Crippen LogP contribution is -2.45. The van der Waals surface area contributed by atoms with E-state index in [-0.39, 0.29) is 17.9 Å². The van der Waals surface area contributed by atoms with Crippen molar-refractivity contribution in [2.45, 2.75) is 26.3 Å². The summed E-state index contributed by atoms with van der Waals surface area (Å²) in [4.78, 5) is 34.1. The SMILES string of the molecule is Cc1cccc(-c2sc(C)nc2C(=O)N2C[C@@H]3C[C@@H]3[C@H]2CNC(=O)c2n[nH]c3ccccc23)c1. The molecule has 0 unspecified atom stereocenters. The van der Waals surface area contributed by atoms with E-state index in [4.69, 9.17) is 0 Å². The number of para-hydroxylation sites is 1. The lowest BCUT2D eigenvalue weighted by atomic mass is 10.1. The maximum absolute atomic E-state index is 13.7. The van der Waals surface area contributed by atoms with Crippen LogP contribution in [0.4, 0.5) is 0 Å². The number of piperidine rings is 1. The van der Waals surface area contributed by atoms with Gasteiger partial charge in [0, 0.05) is 18.5 Å². The number of aryl methyl sites for hydroxylation is 2. The van der Waals surface area contributed by atoms with Crippen LogP contribution >= 0.6 is 11.3 Å². The summed E-state index contributed by atoms with van der Waals surface area (Å²) in [5, 5.41) is 11.8. The standard InChI is InChI=1S/C26H25N5O2S/c1-14-6-5-7-16(10-14)24-23(28-15(2)34-24)26(33)31-13-17-11-19(17)21(31)12-27-25(32)22-18-8-3-4-9-20(18)29-30-22/h3-10,17,19,21H,11-13H2,1-2H3,(H,27,32)(H,29,30)/t17-,19-,21+/m0/s1. The van der Waals surface area contributed by atoms with Crippen LogP contribution < -0.4 is 5.32 Å². The van der Waals surface area contributed by atoms with Gasteiger partial charge in [-0.1, -0.05) is 48.0 Å². The molecule has 2 fully saturated rings. The summed E-state index contributed by atoms with van der Waals surface area (Å²) in [6.45, 7) is 5.12. The molecule has 1 aliphatic heterocycles. The molecule has 1 saturated carbocycles. The Balaban J connectivity index is 1.23. The van der Waals surface area contributed by atoms with Gasteiger partial charge in [-0.15, -0.1) is 11.3 Å². The van der Waals surface area contributed by atoms with Crippen LogP contribution in [0.2, 0.25) is 0 Å². The number of carbonyl (C=O) groups excluding carboxylic acids is 2. The minimum Gasteiger partial charge on any atom is -0.349 e. The second-order valence-corrected chi connectivity index (χ2v) is 10.5. The van der Waals surface area contributed by atoms with Crippen LogP contribution in [0.3, 0.4) is 0 Å². The molecule has 3 atom stereocenters. The smallest absolute Gasteiger partial charge is 0.274 e. The molecule has 7 nitrogen and oxygen atoms in total. The second kappa shape index (κ2) is 8.06. The molecule has 3 heterocycles. The molecule has 6 rings (SSSR count). The highest BCUT2D eigenvalue weighted by molar-refractivity contribution is 7.15. The summed E-state index contributed by atoms with van der Waals surface area (Å²) < 4.78 is 0. The van der Waals surface area contributed by atoms with Crippen molar-refractivity contribution in [2.24, 2.45) is 11.8 Å². The summed E-state index contributed by atoms with van der Waals surface area (Å²) in [7, 11) is 0. The molecule has 0 radical (unpaired) electrons. The fourth-order valence-corrected chi connectivity index (χ4v) is 6.08. The quantitative estimate of drug-likeness (QED) is 0.457. The zero-order chi connectivity index (χ0) is 23.4. The van der Waals surface area contributed by atoms with E-state index >= 15 is 0 Å². The number of likely N-dealkylation sites (tertiary alicyclic amines) is 1. The van der Waals surface area contributed by atoms with Gasteiger partial charge in [0.05, 0.1) is 21.4 Å². The van der Waals surface area contributed by atoms with Gasteiger partial charge in [0.1, 0.15) is 5.69 Å². The van der Waals surface area contributed by atoms with Crippen LogP contribution in [0.25, 0.3) is 21.3 Å². The van der Waals surface area contributed by atoms with E-state index in [0.29, 0.717) is 29.8 Å². The van der Waals surface area contributed by atoms with Crippen molar-refractivity contribution in [3.05, 3.63) is 70.5 Å². The summed E-state index contributed by atoms with van der Waals surface area (Å²) in [5.41, 5.74) is 3.90. The zero-order valence-corrected chi connectivity index (χ0v) is 19.9. The molecule has 172 valence electrons. The molecule has 34 heavy (non-hydrogen) atoms. The van der Waals surface area contributed by atoms with Gasteiger partial charge in [0.15, 0.2) is 5.69 Å². The van der Waals surface area contributed by atoms with Crippen LogP contribution in [0.1, 0.15) is 38.0 Å². The van der Waals surface area contributed by atoms with Crippen molar-refractivity contribution in [2.75, 3.05) is 13.1 Å². The van der Waals surface area contributed by atoms with Gasteiger partial charge in [-0.05, 0) is 43.7 Å². The minimum atomic E-state index is -0.223. The number of fused-ring (bicyclic) bond motifs is 2. The van der Waals surface area contributed by atoms with E-state index in [2.05, 4.69) is 26.6 Å². The van der Waals surface area contributed by atoms with Gasteiger partial charge in [-0.25, -0.2) is 4.98 Å². The molecule has 2 amide bonds. The Hall–Kier alpha value is -3.52. The van der Waals surface area contributed by atoms with Gasteiger partial charge in [-0.3, -0.25) is 14.7 Å². The predicted molar refractivity (Wildman–Crippen MR) is 132 cm³/mol. The summed E-state index contributed by atoms with van der Waals surface area (Å²) in [5.74, 6) is 0.679. The van der Waals surface area contributed by atoms with Crippen molar-refractivity contribution in [3.63, 3.8) is 0 Å². The summed E-state index contributed by atoms with van der Waals surface area (Å²) >= 11 is 1.55. The molecule has 2 aromatic carbocycles. The highest BCUT2D eigenvalue weighted by Crippen LogP contribution is 2.50. The number of aromatic nitrogens is 3. The largest absolute Gasteiger partial charge is 0.349 e. The average Bonchev–Trinajstić information content (AvgIpc) is 3.17. The van der Waals surface area contributed by atoms with E-state index in [1.54, 1.807) is 11.3 Å². The van der Waals surface area contributed by atoms with Crippen molar-refractivity contribution in [1.82, 2.24) is 25.4 Å². The summed E-state index contributed by atoms with van der Waals surface area (Å²) in [6, 6.07) is 15.7. The molecular formula is C26H25N5O2S. The molecule has 8 heteroatoms. The lowest BCUT2D eigenvalue weighted by molar-refractivity contribution is 0.0690. The van der Waals surface area contributed by atoms with Crippen molar-refractivity contribution >= 4 is 34.1 Å². The average molecular weight is 472 g/mol. The Labute approximate surface area is 201 Å². The number of rotatable bonds is 5. The number of benzene rings is 2. The monoisotopic (exact) mass is 471 g/mol. The Morgan fingerprint density at radius 3 is 2.85 bits per heavy atom. The number of hydrogen-bond acceptors (Lipinski definition) is 5. The van der Waals surface area contributed by atoms with Gasteiger partial charge in [-0.2, -0.15) is 5.10 Å². The Morgan fingerprint density at radius 1 is 1.15 bits per heavy atom. The molecule has 2 aliphatic rings. The number of nitrogens with one attached hydrogen (secondary N) is 2. The van der Waals surface area contributed by atoms with Crippen molar-refractivity contribution in [3.8, 4) is 10.4 Å². The number of H-pyrrole nitrogens is 1. The number of aromatic amines is 1. The Bertz CT molecular complexity index is 1420. The maximum atomic E-state index is 13.7. The van der Waals surface area contributed by atoms with E-state index < -0.39 is 0 Å². The molecule has 0 bridgehead atoms. The highest BCUT2D eigenvalue weighted by atomic mass is 32.1. The van der Waals surface area contributed by atoms with Gasteiger partial charge in [0.25, 0.3) is 11.8 Å². The van der Waals surface area contributed by atoms with E-state index in [1.165, 1.54) is 0 Å². The third-order valence-corrected chi connectivity index (χ3v) is 7.96. The number of amides is 2. The van der Waals surface area contributed by atoms with E-state index in [0.717, 1.165) is 44.9 Å². The minimum absolute atomic E-state index is 0.0287. The first-order valence-electron chi connectivity index (χ1n) is 11.6. The van der Waals surface area contributed by atoms with Crippen LogP contribution in [-0.4, -0.2) is 51.0 Å². The highest BCUT2D eigenvalue weighted by Gasteiger charge is 2.54. The maximum Gasteiger partial charge on any atom is 0.274 e. The van der Waals surface area contributed by atoms with Gasteiger partial charge >= 0.3 is 0 Å². The number of thiazole rings is 1. The fraction of sp³-hybridized carbons (Fsp3) is 0.308. The lowest BCUT2D eigenvalue weighted by Gasteiger charge is -2.27. The Morgan fingerprint density at radius 2 is 2.00 bits per heavy atom. The molecule has 2 aromatic heterocycles. The first-order chi connectivity index (χ1) is 16.5. The number of nitrogens with zero attached hydrogens (tertiary/aromatic N) is 3. The number of hydrogen-bond donors (Lipinski definition) is 2. The Kier molecular flexibility index (Phi) is 4.99. The third kappa shape index (κ3) is 3.58.